The van der Waals surface area contributed by atoms with E-state index in [1.165, 1.54) is 41.0 Å². The lowest BCUT2D eigenvalue weighted by atomic mass is 10.1. The molecule has 0 atom stereocenters. The van der Waals surface area contributed by atoms with Crippen LogP contribution < -0.4 is 15.0 Å². The fraction of sp³-hybridized carbons (Fsp3) is 0.0500. The molecule has 4 aromatic rings. The molecule has 0 saturated carbocycles. The number of hydrogen-bond acceptors (Lipinski definition) is 3. The van der Waals surface area contributed by atoms with Crippen molar-refractivity contribution in [3.05, 3.63) is 72.1 Å². The van der Waals surface area contributed by atoms with E-state index in [9.17, 15) is 13.2 Å². The van der Waals surface area contributed by atoms with Gasteiger partial charge in [0.1, 0.15) is 17.1 Å². The normalized spacial score (nSPS) is 11.5. The molecule has 2 N–H and O–H groups in total. The first-order chi connectivity index (χ1) is 13.0. The Bertz CT molecular complexity index is 1070. The molecule has 0 spiro atoms. The Morgan fingerprint density at radius 2 is 1.63 bits per heavy atom. The number of aromatic amines is 1. The van der Waals surface area contributed by atoms with Gasteiger partial charge in [0.05, 0.1) is 0 Å². The van der Waals surface area contributed by atoms with Crippen molar-refractivity contribution >= 4 is 32.9 Å². The topological polar surface area (TPSA) is 35.4 Å². The second-order valence-corrected chi connectivity index (χ2v) is 6.74. The number of H-pyrrole nitrogens is 1. The molecular weight excluding hydrogens is 373 g/mol. The predicted octanol–water partition coefficient (Wildman–Crippen LogP) is 6.02. The second kappa shape index (κ2) is 6.92. The summed E-state index contributed by atoms with van der Waals surface area (Å²) >= 11 is 1.48. The molecule has 0 bridgehead atoms. The van der Waals surface area contributed by atoms with E-state index in [0.717, 1.165) is 21.8 Å². The van der Waals surface area contributed by atoms with Crippen LogP contribution in [0.5, 0.6) is 5.75 Å². The highest BCUT2D eigenvalue weighted by molar-refractivity contribution is 7.13. The summed E-state index contributed by atoms with van der Waals surface area (Å²) in [6.45, 7) is 0. The number of alkyl halides is 3. The molecule has 0 unspecified atom stereocenters. The van der Waals surface area contributed by atoms with E-state index in [-0.39, 0.29) is 5.75 Å². The first-order valence-corrected chi connectivity index (χ1v) is 8.97. The molecule has 1 aromatic heterocycles. The van der Waals surface area contributed by atoms with Gasteiger partial charge >= 0.3 is 11.5 Å². The van der Waals surface area contributed by atoms with Crippen LogP contribution in [0.1, 0.15) is 0 Å². The molecular formula is C20H14F3N2OS+. The maximum absolute atomic E-state index is 12.2. The molecule has 7 heteroatoms. The van der Waals surface area contributed by atoms with Crippen LogP contribution in [0.4, 0.5) is 24.0 Å². The zero-order chi connectivity index (χ0) is 18.9. The summed E-state index contributed by atoms with van der Waals surface area (Å²) in [6.07, 6.45) is -4.69. The quantitative estimate of drug-likeness (QED) is 0.464. The highest BCUT2D eigenvalue weighted by atomic mass is 32.1. The molecule has 0 radical (unpaired) electrons. The standard InChI is InChI=1S/C20H13F3N2OS/c21-20(22,23)26-17-9-7-16(8-10-17)24-19-25-18(12-27-19)15-6-5-13-3-1-2-4-14(13)11-15/h1-12H,(H,24,25)/p+1. The SMILES string of the molecule is FC(F)(F)Oc1ccc(Nc2[nH+]c(-c3ccc4ccccc4c3)cs2)cc1. The highest BCUT2D eigenvalue weighted by Gasteiger charge is 2.31. The van der Waals surface area contributed by atoms with Crippen LogP contribution in [0.15, 0.2) is 72.1 Å². The van der Waals surface area contributed by atoms with Crippen molar-refractivity contribution in [1.29, 1.82) is 0 Å². The van der Waals surface area contributed by atoms with Gasteiger partial charge in [0.15, 0.2) is 0 Å². The molecule has 3 aromatic carbocycles. The van der Waals surface area contributed by atoms with Gasteiger partial charge in [0.2, 0.25) is 0 Å². The zero-order valence-corrected chi connectivity index (χ0v) is 14.7. The minimum absolute atomic E-state index is 0.250. The minimum Gasteiger partial charge on any atom is -0.406 e. The van der Waals surface area contributed by atoms with Crippen molar-refractivity contribution in [2.24, 2.45) is 0 Å². The second-order valence-electron chi connectivity index (χ2n) is 5.86. The molecule has 0 amide bonds. The lowest BCUT2D eigenvalue weighted by Crippen LogP contribution is -2.17. The summed E-state index contributed by atoms with van der Waals surface area (Å²) in [7, 11) is 0. The number of anilines is 2. The number of fused-ring (bicyclic) bond motifs is 1. The smallest absolute Gasteiger partial charge is 0.406 e. The van der Waals surface area contributed by atoms with Gasteiger partial charge in [0.25, 0.3) is 0 Å². The number of aromatic nitrogens is 1. The van der Waals surface area contributed by atoms with Crippen molar-refractivity contribution in [1.82, 2.24) is 0 Å². The average molecular weight is 387 g/mol. The van der Waals surface area contributed by atoms with Crippen molar-refractivity contribution in [3.63, 3.8) is 0 Å². The Hall–Kier alpha value is -3.06. The summed E-state index contributed by atoms with van der Waals surface area (Å²) in [4.78, 5) is 3.29. The Labute approximate surface area is 157 Å². The molecule has 4 rings (SSSR count). The third kappa shape index (κ3) is 4.20. The molecule has 0 fully saturated rings. The van der Waals surface area contributed by atoms with E-state index in [1.807, 2.05) is 23.6 Å². The van der Waals surface area contributed by atoms with Gasteiger partial charge in [-0.1, -0.05) is 47.7 Å². The third-order valence-corrected chi connectivity index (χ3v) is 4.74. The maximum atomic E-state index is 12.2. The maximum Gasteiger partial charge on any atom is 0.573 e. The Morgan fingerprint density at radius 1 is 0.889 bits per heavy atom. The number of rotatable bonds is 4. The van der Waals surface area contributed by atoms with Crippen LogP contribution in [-0.2, 0) is 0 Å². The molecule has 0 saturated heterocycles. The van der Waals surface area contributed by atoms with Gasteiger partial charge in [-0.25, -0.2) is 10.3 Å². The lowest BCUT2D eigenvalue weighted by Gasteiger charge is -2.08. The fourth-order valence-corrected chi connectivity index (χ4v) is 3.50. The molecule has 27 heavy (non-hydrogen) atoms. The minimum atomic E-state index is -4.69. The highest BCUT2D eigenvalue weighted by Crippen LogP contribution is 2.28. The van der Waals surface area contributed by atoms with Crippen LogP contribution in [-0.4, -0.2) is 6.36 Å². The summed E-state index contributed by atoms with van der Waals surface area (Å²) in [6, 6.07) is 20.0. The lowest BCUT2D eigenvalue weighted by molar-refractivity contribution is -0.340. The van der Waals surface area contributed by atoms with Crippen molar-refractivity contribution < 1.29 is 22.9 Å². The first-order valence-electron chi connectivity index (χ1n) is 8.09. The van der Waals surface area contributed by atoms with E-state index in [2.05, 4.69) is 39.3 Å². The molecule has 0 aliphatic rings. The van der Waals surface area contributed by atoms with Crippen molar-refractivity contribution in [2.75, 3.05) is 5.32 Å². The number of nitrogens with one attached hydrogen (secondary N) is 2. The zero-order valence-electron chi connectivity index (χ0n) is 13.9. The molecule has 136 valence electrons. The Morgan fingerprint density at radius 3 is 2.37 bits per heavy atom. The summed E-state index contributed by atoms with van der Waals surface area (Å²) in [5.41, 5.74) is 2.69. The monoisotopic (exact) mass is 387 g/mol. The van der Waals surface area contributed by atoms with Crippen LogP contribution in [0, 0.1) is 0 Å². The summed E-state index contributed by atoms with van der Waals surface area (Å²) in [5, 5.41) is 8.25. The van der Waals surface area contributed by atoms with E-state index in [1.54, 1.807) is 0 Å². The van der Waals surface area contributed by atoms with Crippen molar-refractivity contribution in [3.8, 4) is 17.0 Å². The molecule has 1 heterocycles. The van der Waals surface area contributed by atoms with E-state index in [4.69, 9.17) is 0 Å². The number of halogens is 3. The van der Waals surface area contributed by atoms with Crippen molar-refractivity contribution in [2.45, 2.75) is 6.36 Å². The largest absolute Gasteiger partial charge is 0.573 e. The third-order valence-electron chi connectivity index (χ3n) is 3.95. The molecule has 3 nitrogen and oxygen atoms in total. The number of hydrogen-bond donors (Lipinski definition) is 1. The van der Waals surface area contributed by atoms with Crippen LogP contribution >= 0.6 is 11.3 Å². The van der Waals surface area contributed by atoms with Crippen LogP contribution in [0.2, 0.25) is 0 Å². The van der Waals surface area contributed by atoms with Gasteiger partial charge in [-0.15, -0.1) is 13.2 Å². The number of thiazole rings is 1. The fourth-order valence-electron chi connectivity index (χ4n) is 2.73. The summed E-state index contributed by atoms with van der Waals surface area (Å²) < 4.78 is 40.5. The Kier molecular flexibility index (Phi) is 4.45. The van der Waals surface area contributed by atoms with E-state index in [0.29, 0.717) is 5.69 Å². The number of benzene rings is 3. The number of ether oxygens (including phenoxy) is 1. The molecule has 0 aliphatic carbocycles. The molecule has 0 aliphatic heterocycles. The average Bonchev–Trinajstić information content (AvgIpc) is 3.10. The van der Waals surface area contributed by atoms with Gasteiger partial charge in [-0.3, -0.25) is 0 Å². The first kappa shape index (κ1) is 17.4. The van der Waals surface area contributed by atoms with E-state index < -0.39 is 6.36 Å². The Balaban J connectivity index is 1.50. The predicted molar refractivity (Wildman–Crippen MR) is 100 cm³/mol. The van der Waals surface area contributed by atoms with Gasteiger partial charge in [-0.05, 0) is 41.1 Å². The van der Waals surface area contributed by atoms with Crippen LogP contribution in [0.3, 0.4) is 0 Å². The van der Waals surface area contributed by atoms with Gasteiger partial charge in [0, 0.05) is 10.9 Å². The van der Waals surface area contributed by atoms with Gasteiger partial charge in [-0.2, -0.15) is 0 Å². The van der Waals surface area contributed by atoms with E-state index >= 15 is 0 Å². The summed E-state index contributed by atoms with van der Waals surface area (Å²) in [5.74, 6) is -0.250. The van der Waals surface area contributed by atoms with Crippen LogP contribution in [0.25, 0.3) is 22.0 Å². The van der Waals surface area contributed by atoms with Gasteiger partial charge < -0.3 is 4.74 Å².